The normalized spacial score (nSPS) is 11.8. The van der Waals surface area contributed by atoms with E-state index in [0.717, 1.165) is 22.6 Å². The Morgan fingerprint density at radius 3 is 2.89 bits per heavy atom. The van der Waals surface area contributed by atoms with E-state index in [1.807, 2.05) is 36.7 Å². The molecule has 18 heavy (non-hydrogen) atoms. The van der Waals surface area contributed by atoms with Crippen molar-refractivity contribution in [3.63, 3.8) is 0 Å². The number of aliphatic imine (C=N–C) groups is 1. The molecule has 0 spiro atoms. The van der Waals surface area contributed by atoms with Gasteiger partial charge in [-0.15, -0.1) is 21.8 Å². The molecule has 0 unspecified atom stereocenters. The molecular formula is C12H14ClN5. The smallest absolute Gasteiger partial charge is 0.163 e. The summed E-state index contributed by atoms with van der Waals surface area (Å²) in [6.45, 7) is 1.98. The van der Waals surface area contributed by atoms with E-state index in [2.05, 4.69) is 15.2 Å². The average Bonchev–Trinajstić information content (AvgIpc) is 2.78. The lowest BCUT2D eigenvalue weighted by Gasteiger charge is -2.08. The van der Waals surface area contributed by atoms with E-state index in [1.165, 1.54) is 0 Å². The van der Waals surface area contributed by atoms with Crippen molar-refractivity contribution < 1.29 is 0 Å². The quantitative estimate of drug-likeness (QED) is 0.523. The van der Waals surface area contributed by atoms with Crippen LogP contribution in [0.1, 0.15) is 5.56 Å². The summed E-state index contributed by atoms with van der Waals surface area (Å²) in [6, 6.07) is 5.79. The lowest BCUT2D eigenvalue weighted by molar-refractivity contribution is 0.918. The van der Waals surface area contributed by atoms with E-state index in [4.69, 9.17) is 17.3 Å². The molecule has 0 aliphatic heterocycles. The Balaban J connectivity index is 2.52. The van der Waals surface area contributed by atoms with Crippen LogP contribution in [-0.2, 0) is 7.05 Å². The first-order valence-electron chi connectivity index (χ1n) is 5.46. The predicted molar refractivity (Wildman–Crippen MR) is 73.2 cm³/mol. The molecule has 0 saturated heterocycles. The second kappa shape index (κ2) is 5.18. The van der Waals surface area contributed by atoms with Crippen molar-refractivity contribution in [1.82, 2.24) is 14.8 Å². The highest BCUT2D eigenvalue weighted by molar-refractivity contribution is 6.28. The van der Waals surface area contributed by atoms with Crippen molar-refractivity contribution in [1.29, 1.82) is 0 Å². The second-order valence-corrected chi connectivity index (χ2v) is 4.22. The van der Waals surface area contributed by atoms with Crippen LogP contribution in [0.5, 0.6) is 0 Å². The Hall–Kier alpha value is -1.88. The molecule has 5 nitrogen and oxygen atoms in total. The van der Waals surface area contributed by atoms with Gasteiger partial charge in [0.05, 0.1) is 11.6 Å². The molecule has 2 aromatic rings. The van der Waals surface area contributed by atoms with Crippen LogP contribution < -0.4 is 5.73 Å². The van der Waals surface area contributed by atoms with Crippen molar-refractivity contribution in [2.75, 3.05) is 5.88 Å². The zero-order valence-electron chi connectivity index (χ0n) is 10.3. The molecule has 2 N–H and O–H groups in total. The molecular weight excluding hydrogens is 250 g/mol. The number of nitrogens with zero attached hydrogens (tertiary/aromatic N) is 4. The Morgan fingerprint density at radius 2 is 2.28 bits per heavy atom. The van der Waals surface area contributed by atoms with Gasteiger partial charge in [-0.25, -0.2) is 4.99 Å². The van der Waals surface area contributed by atoms with Crippen LogP contribution in [0.2, 0.25) is 0 Å². The monoisotopic (exact) mass is 263 g/mol. The molecule has 0 amide bonds. The summed E-state index contributed by atoms with van der Waals surface area (Å²) >= 11 is 5.64. The van der Waals surface area contributed by atoms with Crippen LogP contribution in [0, 0.1) is 6.92 Å². The van der Waals surface area contributed by atoms with Gasteiger partial charge in [-0.2, -0.15) is 0 Å². The molecule has 1 aromatic carbocycles. The number of nitrogens with two attached hydrogens (primary N) is 1. The maximum absolute atomic E-state index is 5.66. The average molecular weight is 264 g/mol. The number of rotatable bonds is 3. The summed E-state index contributed by atoms with van der Waals surface area (Å²) in [5, 5.41) is 7.97. The van der Waals surface area contributed by atoms with E-state index in [1.54, 1.807) is 6.33 Å². The van der Waals surface area contributed by atoms with Crippen molar-refractivity contribution in [2.24, 2.45) is 17.8 Å². The topological polar surface area (TPSA) is 69.1 Å². The number of amidine groups is 1. The van der Waals surface area contributed by atoms with Gasteiger partial charge in [0.1, 0.15) is 12.2 Å². The van der Waals surface area contributed by atoms with Crippen LogP contribution >= 0.6 is 11.6 Å². The molecule has 0 radical (unpaired) electrons. The highest BCUT2D eigenvalue weighted by atomic mass is 35.5. The number of aromatic nitrogens is 3. The second-order valence-electron chi connectivity index (χ2n) is 3.95. The fourth-order valence-electron chi connectivity index (χ4n) is 1.70. The number of hydrogen-bond donors (Lipinski definition) is 1. The van der Waals surface area contributed by atoms with Gasteiger partial charge in [0.15, 0.2) is 5.82 Å². The van der Waals surface area contributed by atoms with Crippen molar-refractivity contribution in [2.45, 2.75) is 6.92 Å². The van der Waals surface area contributed by atoms with Crippen molar-refractivity contribution in [3.05, 3.63) is 30.1 Å². The number of aryl methyl sites for hydroxylation is 1. The Labute approximate surface area is 110 Å². The van der Waals surface area contributed by atoms with Crippen LogP contribution in [-0.4, -0.2) is 26.5 Å². The summed E-state index contributed by atoms with van der Waals surface area (Å²) in [5.41, 5.74) is 8.44. The maximum atomic E-state index is 5.66. The first-order chi connectivity index (χ1) is 8.63. The third kappa shape index (κ3) is 2.36. The lowest BCUT2D eigenvalue weighted by atomic mass is 10.1. The van der Waals surface area contributed by atoms with Gasteiger partial charge >= 0.3 is 0 Å². The van der Waals surface area contributed by atoms with Gasteiger partial charge in [0.25, 0.3) is 0 Å². The molecule has 1 heterocycles. The minimum absolute atomic E-state index is 0.216. The molecule has 0 aliphatic rings. The third-order valence-corrected chi connectivity index (χ3v) is 2.93. The van der Waals surface area contributed by atoms with E-state index in [-0.39, 0.29) is 5.88 Å². The van der Waals surface area contributed by atoms with Crippen LogP contribution in [0.3, 0.4) is 0 Å². The maximum Gasteiger partial charge on any atom is 0.163 e. The molecule has 2 rings (SSSR count). The SMILES string of the molecule is Cc1c(N=C(N)CCl)cccc1-c1nncn1C. The number of alkyl halides is 1. The Kier molecular flexibility index (Phi) is 3.62. The zero-order valence-corrected chi connectivity index (χ0v) is 11.0. The fourth-order valence-corrected chi connectivity index (χ4v) is 1.76. The Bertz CT molecular complexity index is 588. The summed E-state index contributed by atoms with van der Waals surface area (Å²) in [7, 11) is 1.90. The van der Waals surface area contributed by atoms with E-state index in [0.29, 0.717) is 5.84 Å². The van der Waals surface area contributed by atoms with Crippen molar-refractivity contribution >= 4 is 23.1 Å². The standard InChI is InChI=1S/C12H14ClN5/c1-8-9(12-17-15-7-18(12)2)4-3-5-10(8)16-11(14)6-13/h3-5,7H,6H2,1-2H3,(H2,14,16). The van der Waals surface area contributed by atoms with Gasteiger partial charge < -0.3 is 10.3 Å². The highest BCUT2D eigenvalue weighted by Gasteiger charge is 2.10. The minimum atomic E-state index is 0.216. The van der Waals surface area contributed by atoms with Crippen molar-refractivity contribution in [3.8, 4) is 11.4 Å². The highest BCUT2D eigenvalue weighted by Crippen LogP contribution is 2.28. The summed E-state index contributed by atoms with van der Waals surface area (Å²) < 4.78 is 1.86. The zero-order chi connectivity index (χ0) is 13.1. The molecule has 94 valence electrons. The number of halogens is 1. The van der Waals surface area contributed by atoms with Gasteiger partial charge in [-0.1, -0.05) is 12.1 Å². The third-order valence-electron chi connectivity index (χ3n) is 2.66. The molecule has 1 aromatic heterocycles. The predicted octanol–water partition coefficient (Wildman–Crippen LogP) is 2.02. The first-order valence-corrected chi connectivity index (χ1v) is 6.00. The summed E-state index contributed by atoms with van der Waals surface area (Å²) in [6.07, 6.45) is 1.66. The van der Waals surface area contributed by atoms with Gasteiger partial charge in [-0.3, -0.25) is 0 Å². The lowest BCUT2D eigenvalue weighted by Crippen LogP contribution is -2.12. The largest absolute Gasteiger partial charge is 0.386 e. The Morgan fingerprint density at radius 1 is 1.50 bits per heavy atom. The number of hydrogen-bond acceptors (Lipinski definition) is 3. The van der Waals surface area contributed by atoms with Crippen LogP contribution in [0.15, 0.2) is 29.5 Å². The van der Waals surface area contributed by atoms with Crippen LogP contribution in [0.4, 0.5) is 5.69 Å². The molecule has 0 saturated carbocycles. The number of benzene rings is 1. The van der Waals surface area contributed by atoms with Crippen LogP contribution in [0.25, 0.3) is 11.4 Å². The van der Waals surface area contributed by atoms with Gasteiger partial charge in [0, 0.05) is 12.6 Å². The van der Waals surface area contributed by atoms with Gasteiger partial charge in [0.2, 0.25) is 0 Å². The molecule has 0 aliphatic carbocycles. The first kappa shape index (κ1) is 12.6. The van der Waals surface area contributed by atoms with E-state index in [9.17, 15) is 0 Å². The fraction of sp³-hybridized carbons (Fsp3) is 0.250. The molecule has 0 atom stereocenters. The molecule has 0 fully saturated rings. The summed E-state index contributed by atoms with van der Waals surface area (Å²) in [4.78, 5) is 4.28. The van der Waals surface area contributed by atoms with E-state index < -0.39 is 0 Å². The molecule has 6 heteroatoms. The molecule has 0 bridgehead atoms. The van der Waals surface area contributed by atoms with Gasteiger partial charge in [-0.05, 0) is 18.6 Å². The summed E-state index contributed by atoms with van der Waals surface area (Å²) in [5.74, 6) is 1.41. The van der Waals surface area contributed by atoms with E-state index >= 15 is 0 Å². The minimum Gasteiger partial charge on any atom is -0.386 e.